The van der Waals surface area contributed by atoms with Gasteiger partial charge in [-0.05, 0) is 25.5 Å². The zero-order chi connectivity index (χ0) is 14.9. The van der Waals surface area contributed by atoms with Crippen molar-refractivity contribution in [3.8, 4) is 11.8 Å². The Morgan fingerprint density at radius 1 is 1.43 bits per heavy atom. The van der Waals surface area contributed by atoms with Crippen molar-refractivity contribution in [3.63, 3.8) is 0 Å². The molecule has 0 saturated heterocycles. The number of nitriles is 1. The molecule has 0 aliphatic rings. The molecule has 21 heavy (non-hydrogen) atoms. The van der Waals surface area contributed by atoms with Crippen LogP contribution in [-0.4, -0.2) is 16.2 Å². The van der Waals surface area contributed by atoms with E-state index in [-0.39, 0.29) is 0 Å². The molecule has 0 saturated carbocycles. The van der Waals surface area contributed by atoms with Crippen LogP contribution in [0, 0.1) is 11.3 Å². The molecule has 2 aromatic rings. The third-order valence-corrected chi connectivity index (χ3v) is 3.13. The molecule has 0 atom stereocenters. The lowest BCUT2D eigenvalue weighted by molar-refractivity contribution is 0.313. The van der Waals surface area contributed by atoms with Crippen LogP contribution in [0.25, 0.3) is 0 Å². The van der Waals surface area contributed by atoms with Crippen molar-refractivity contribution in [2.24, 2.45) is 0 Å². The highest BCUT2D eigenvalue weighted by Crippen LogP contribution is 2.18. The van der Waals surface area contributed by atoms with Crippen molar-refractivity contribution >= 4 is 5.69 Å². The number of hydrogen-bond acceptors (Lipinski definition) is 4. The van der Waals surface area contributed by atoms with E-state index in [9.17, 15) is 0 Å². The first-order valence-corrected chi connectivity index (χ1v) is 7.17. The normalized spacial score (nSPS) is 10.1. The summed E-state index contributed by atoms with van der Waals surface area (Å²) >= 11 is 0. The van der Waals surface area contributed by atoms with Crippen LogP contribution < -0.4 is 10.1 Å². The van der Waals surface area contributed by atoms with E-state index < -0.39 is 0 Å². The fourth-order valence-electron chi connectivity index (χ4n) is 2.01. The largest absolute Gasteiger partial charge is 0.493 e. The molecule has 0 unspecified atom stereocenters. The van der Waals surface area contributed by atoms with Crippen molar-refractivity contribution in [2.75, 3.05) is 11.9 Å². The van der Waals surface area contributed by atoms with E-state index in [2.05, 4.69) is 27.9 Å². The topological polar surface area (TPSA) is 62.9 Å². The molecular weight excluding hydrogens is 264 g/mol. The number of nitrogens with one attached hydrogen (secondary N) is 1. The molecule has 0 bridgehead atoms. The fourth-order valence-corrected chi connectivity index (χ4v) is 2.01. The van der Waals surface area contributed by atoms with Crippen LogP contribution >= 0.6 is 0 Å². The van der Waals surface area contributed by atoms with Crippen LogP contribution in [0.15, 0.2) is 36.7 Å². The van der Waals surface area contributed by atoms with Gasteiger partial charge in [0.1, 0.15) is 11.6 Å². The lowest BCUT2D eigenvalue weighted by Crippen LogP contribution is -2.07. The van der Waals surface area contributed by atoms with Crippen LogP contribution in [0.3, 0.4) is 0 Å². The minimum atomic E-state index is 0.525. The second kappa shape index (κ2) is 7.95. The Morgan fingerprint density at radius 2 is 2.33 bits per heavy atom. The minimum absolute atomic E-state index is 0.525. The van der Waals surface area contributed by atoms with Gasteiger partial charge < -0.3 is 14.6 Å². The Balaban J connectivity index is 1.87. The molecule has 0 aliphatic heterocycles. The average Bonchev–Trinajstić information content (AvgIpc) is 2.97. The van der Waals surface area contributed by atoms with Gasteiger partial charge in [-0.3, -0.25) is 0 Å². The van der Waals surface area contributed by atoms with E-state index in [1.165, 1.54) is 0 Å². The number of ether oxygens (including phenoxy) is 1. The van der Waals surface area contributed by atoms with Crippen molar-refractivity contribution in [1.29, 1.82) is 5.26 Å². The smallest absolute Gasteiger partial charge is 0.128 e. The number of imidazole rings is 1. The van der Waals surface area contributed by atoms with Crippen molar-refractivity contribution in [2.45, 2.75) is 32.9 Å². The molecule has 110 valence electrons. The van der Waals surface area contributed by atoms with Crippen molar-refractivity contribution < 1.29 is 4.74 Å². The standard InChI is InChI=1S/C16H20N4O/c1-2-20-10-9-18-16(20)13-19-14-6-5-7-15(12-14)21-11-4-3-8-17/h5-7,9-10,12,19H,2-4,11,13H2,1H3. The predicted molar refractivity (Wildman–Crippen MR) is 82.0 cm³/mol. The lowest BCUT2D eigenvalue weighted by Gasteiger charge is -2.10. The molecule has 0 fully saturated rings. The Labute approximate surface area is 125 Å². The van der Waals surface area contributed by atoms with Crippen LogP contribution in [-0.2, 0) is 13.1 Å². The van der Waals surface area contributed by atoms with E-state index >= 15 is 0 Å². The molecule has 0 amide bonds. The summed E-state index contributed by atoms with van der Waals surface area (Å²) in [6.07, 6.45) is 5.07. The first kappa shape index (κ1) is 14.9. The number of aromatic nitrogens is 2. The van der Waals surface area contributed by atoms with Crippen LogP contribution in [0.5, 0.6) is 5.75 Å². The van der Waals surface area contributed by atoms with Gasteiger partial charge in [0.15, 0.2) is 0 Å². The van der Waals surface area contributed by atoms with Gasteiger partial charge in [-0.25, -0.2) is 4.98 Å². The van der Waals surface area contributed by atoms with Gasteiger partial charge in [0, 0.05) is 37.1 Å². The van der Waals surface area contributed by atoms with Gasteiger partial charge in [-0.1, -0.05) is 6.07 Å². The van der Waals surface area contributed by atoms with E-state index in [0.29, 0.717) is 19.6 Å². The average molecular weight is 284 g/mol. The molecule has 2 rings (SSSR count). The summed E-state index contributed by atoms with van der Waals surface area (Å²) in [4.78, 5) is 4.33. The second-order valence-electron chi connectivity index (χ2n) is 4.62. The molecule has 0 spiro atoms. The van der Waals surface area contributed by atoms with Gasteiger partial charge >= 0.3 is 0 Å². The summed E-state index contributed by atoms with van der Waals surface area (Å²) in [5.41, 5.74) is 0.999. The van der Waals surface area contributed by atoms with E-state index in [1.54, 1.807) is 0 Å². The fraction of sp³-hybridized carbons (Fsp3) is 0.375. The summed E-state index contributed by atoms with van der Waals surface area (Å²) in [5, 5.41) is 11.8. The van der Waals surface area contributed by atoms with Gasteiger partial charge in [0.05, 0.1) is 19.2 Å². The monoisotopic (exact) mass is 284 g/mol. The number of aryl methyl sites for hydroxylation is 1. The molecule has 1 aromatic carbocycles. The first-order valence-electron chi connectivity index (χ1n) is 7.17. The van der Waals surface area contributed by atoms with Gasteiger partial charge in [0.2, 0.25) is 0 Å². The third kappa shape index (κ3) is 4.53. The summed E-state index contributed by atoms with van der Waals surface area (Å²) < 4.78 is 7.73. The summed E-state index contributed by atoms with van der Waals surface area (Å²) in [6, 6.07) is 9.95. The van der Waals surface area contributed by atoms with Crippen LogP contribution in [0.4, 0.5) is 5.69 Å². The Kier molecular flexibility index (Phi) is 5.65. The number of nitrogens with zero attached hydrogens (tertiary/aromatic N) is 3. The minimum Gasteiger partial charge on any atom is -0.493 e. The lowest BCUT2D eigenvalue weighted by atomic mass is 10.3. The Morgan fingerprint density at radius 3 is 3.14 bits per heavy atom. The summed E-state index contributed by atoms with van der Waals surface area (Å²) in [7, 11) is 0. The number of benzene rings is 1. The zero-order valence-electron chi connectivity index (χ0n) is 12.2. The second-order valence-corrected chi connectivity index (χ2v) is 4.62. The molecule has 1 aromatic heterocycles. The van der Waals surface area contributed by atoms with E-state index in [4.69, 9.17) is 10.00 Å². The number of rotatable bonds is 8. The van der Waals surface area contributed by atoms with Crippen molar-refractivity contribution in [1.82, 2.24) is 9.55 Å². The van der Waals surface area contributed by atoms with Gasteiger partial charge in [-0.15, -0.1) is 0 Å². The molecule has 1 heterocycles. The molecular formula is C16H20N4O. The maximum absolute atomic E-state index is 8.49. The van der Waals surface area contributed by atoms with Gasteiger partial charge in [0.25, 0.3) is 0 Å². The highest BCUT2D eigenvalue weighted by Gasteiger charge is 2.02. The van der Waals surface area contributed by atoms with Crippen LogP contribution in [0.1, 0.15) is 25.6 Å². The molecule has 0 aliphatic carbocycles. The number of hydrogen-bond donors (Lipinski definition) is 1. The zero-order valence-corrected chi connectivity index (χ0v) is 12.2. The maximum Gasteiger partial charge on any atom is 0.128 e. The highest BCUT2D eigenvalue weighted by atomic mass is 16.5. The third-order valence-electron chi connectivity index (χ3n) is 3.13. The molecule has 5 heteroatoms. The molecule has 5 nitrogen and oxygen atoms in total. The molecule has 0 radical (unpaired) electrons. The number of anilines is 1. The highest BCUT2D eigenvalue weighted by molar-refractivity contribution is 5.48. The maximum atomic E-state index is 8.49. The van der Waals surface area contributed by atoms with E-state index in [1.807, 2.05) is 36.7 Å². The van der Waals surface area contributed by atoms with Crippen LogP contribution in [0.2, 0.25) is 0 Å². The quantitative estimate of drug-likeness (QED) is 0.756. The number of unbranched alkanes of at least 4 members (excludes halogenated alkanes) is 1. The predicted octanol–water partition coefficient (Wildman–Crippen LogP) is 3.20. The Bertz CT molecular complexity index is 600. The summed E-state index contributed by atoms with van der Waals surface area (Å²) in [5.74, 6) is 1.83. The first-order chi connectivity index (χ1) is 10.3. The van der Waals surface area contributed by atoms with Crippen molar-refractivity contribution in [3.05, 3.63) is 42.5 Å². The SMILES string of the molecule is CCn1ccnc1CNc1cccc(OCCCC#N)c1. The van der Waals surface area contributed by atoms with E-state index in [0.717, 1.165) is 30.2 Å². The summed E-state index contributed by atoms with van der Waals surface area (Å²) in [6.45, 7) is 4.26. The molecule has 1 N–H and O–H groups in total. The van der Waals surface area contributed by atoms with Gasteiger partial charge in [-0.2, -0.15) is 5.26 Å². The Hall–Kier alpha value is -2.48.